The molecule has 1 aromatic rings. The normalized spacial score (nSPS) is 30.3. The summed E-state index contributed by atoms with van der Waals surface area (Å²) < 4.78 is 0.784. The number of hydrogen-bond acceptors (Lipinski definition) is 8. The minimum absolute atomic E-state index is 0.0809. The van der Waals surface area contributed by atoms with Crippen LogP contribution in [-0.4, -0.2) is 68.5 Å². The number of amides is 1. The molecule has 0 aromatic heterocycles. The van der Waals surface area contributed by atoms with E-state index in [9.17, 15) is 34.8 Å². The Kier molecular flexibility index (Phi) is 4.94. The van der Waals surface area contributed by atoms with Crippen molar-refractivity contribution in [3.8, 4) is 5.75 Å². The molecule has 4 atom stereocenters. The lowest BCUT2D eigenvalue weighted by atomic mass is 9.57. The van der Waals surface area contributed by atoms with Crippen LogP contribution in [-0.2, 0) is 20.8 Å². The SMILES string of the molecule is CN(C)[C@@H]1C(=O)C(C(N)=O)=C(O)[C@@]2(O)C(=O)C3=C(O)c4c(O)ccc(I)c4C[C@H]3CC12. The fourth-order valence-corrected chi connectivity index (χ4v) is 5.88. The van der Waals surface area contributed by atoms with E-state index in [4.69, 9.17) is 5.73 Å². The summed E-state index contributed by atoms with van der Waals surface area (Å²) in [6.45, 7) is 0. The molecular weight excluding hydrogens is 519 g/mol. The highest BCUT2D eigenvalue weighted by atomic mass is 127. The number of nitrogens with zero attached hydrogens (tertiary/aromatic N) is 1. The molecular formula is C21H21IN2O7. The van der Waals surface area contributed by atoms with Crippen LogP contribution in [0.3, 0.4) is 0 Å². The molecule has 4 rings (SSSR count). The number of likely N-dealkylation sites (N-methyl/N-ethyl adjacent to an activating group) is 1. The van der Waals surface area contributed by atoms with Gasteiger partial charge in [-0.3, -0.25) is 19.3 Å². The number of aliphatic hydroxyl groups is 3. The van der Waals surface area contributed by atoms with Crippen molar-refractivity contribution in [3.63, 3.8) is 0 Å². The summed E-state index contributed by atoms with van der Waals surface area (Å²) in [6, 6.07) is 2.00. The first-order chi connectivity index (χ1) is 14.4. The quantitative estimate of drug-likeness (QED) is 0.269. The zero-order valence-electron chi connectivity index (χ0n) is 16.7. The Labute approximate surface area is 191 Å². The van der Waals surface area contributed by atoms with Crippen molar-refractivity contribution in [1.82, 2.24) is 4.90 Å². The lowest BCUT2D eigenvalue weighted by Crippen LogP contribution is -2.65. The summed E-state index contributed by atoms with van der Waals surface area (Å²) in [6.07, 6.45) is 0.374. The molecule has 9 nitrogen and oxygen atoms in total. The number of hydrogen-bond donors (Lipinski definition) is 5. The largest absolute Gasteiger partial charge is 0.508 e. The number of benzene rings is 1. The molecule has 6 N–H and O–H groups in total. The minimum Gasteiger partial charge on any atom is -0.508 e. The van der Waals surface area contributed by atoms with Gasteiger partial charge in [-0.2, -0.15) is 0 Å². The molecule has 31 heavy (non-hydrogen) atoms. The van der Waals surface area contributed by atoms with Crippen LogP contribution in [0.25, 0.3) is 5.76 Å². The van der Waals surface area contributed by atoms with Gasteiger partial charge in [-0.1, -0.05) is 0 Å². The van der Waals surface area contributed by atoms with Gasteiger partial charge in [-0.15, -0.1) is 0 Å². The Bertz CT molecular complexity index is 1120. The van der Waals surface area contributed by atoms with Crippen molar-refractivity contribution in [2.24, 2.45) is 17.6 Å². The van der Waals surface area contributed by atoms with Gasteiger partial charge in [0.05, 0.1) is 11.6 Å². The minimum atomic E-state index is -2.61. The number of rotatable bonds is 2. The van der Waals surface area contributed by atoms with E-state index in [1.54, 1.807) is 20.2 Å². The van der Waals surface area contributed by atoms with E-state index >= 15 is 0 Å². The lowest BCUT2D eigenvalue weighted by Gasteiger charge is -2.50. The van der Waals surface area contributed by atoms with Gasteiger partial charge in [-0.05, 0) is 73.1 Å². The van der Waals surface area contributed by atoms with Crippen LogP contribution in [0, 0.1) is 15.4 Å². The maximum absolute atomic E-state index is 13.6. The number of ketones is 2. The zero-order valence-corrected chi connectivity index (χ0v) is 18.9. The van der Waals surface area contributed by atoms with Gasteiger partial charge in [0.15, 0.2) is 11.4 Å². The molecule has 0 saturated heterocycles. The number of carbonyl (C=O) groups is 3. The number of primary amides is 1. The molecule has 1 fully saturated rings. The topological polar surface area (TPSA) is 161 Å². The third-order valence-corrected chi connectivity index (χ3v) is 7.56. The summed E-state index contributed by atoms with van der Waals surface area (Å²) in [5.74, 6) is -6.44. The van der Waals surface area contributed by atoms with E-state index in [1.165, 1.54) is 11.0 Å². The summed E-state index contributed by atoms with van der Waals surface area (Å²) in [7, 11) is 3.13. The van der Waals surface area contributed by atoms with Crippen molar-refractivity contribution in [1.29, 1.82) is 0 Å². The predicted molar refractivity (Wildman–Crippen MR) is 117 cm³/mol. The Morgan fingerprint density at radius 1 is 1.23 bits per heavy atom. The average molecular weight is 540 g/mol. The fraction of sp³-hybridized carbons (Fsp3) is 0.381. The molecule has 1 unspecified atom stereocenters. The lowest BCUT2D eigenvalue weighted by molar-refractivity contribution is -0.153. The third-order valence-electron chi connectivity index (χ3n) is 6.55. The second-order valence-electron chi connectivity index (χ2n) is 8.38. The van der Waals surface area contributed by atoms with E-state index in [0.717, 1.165) is 3.57 Å². The van der Waals surface area contributed by atoms with E-state index in [2.05, 4.69) is 22.6 Å². The Morgan fingerprint density at radius 3 is 2.45 bits per heavy atom. The molecule has 0 aliphatic heterocycles. The summed E-state index contributed by atoms with van der Waals surface area (Å²) >= 11 is 2.07. The Morgan fingerprint density at radius 2 is 1.87 bits per heavy atom. The van der Waals surface area contributed by atoms with Crippen LogP contribution >= 0.6 is 22.6 Å². The van der Waals surface area contributed by atoms with Crippen LogP contribution in [0.5, 0.6) is 5.75 Å². The molecule has 0 bridgehead atoms. The molecule has 164 valence electrons. The molecule has 3 aliphatic rings. The highest BCUT2D eigenvalue weighted by Crippen LogP contribution is 2.52. The standard InChI is InChI=1S/C21H21IN2O7/c1-24(2)15-9-6-7-5-8-10(22)3-4-11(25)13(8)16(26)12(7)18(28)21(9,31)19(29)14(17(15)27)20(23)30/h3-4,7,9,15,25-26,29,31H,5-6H2,1-2H3,(H2,23,30)/t7-,9?,15-,21-/m0/s1. The number of phenolic OH excluding ortho intramolecular Hbond substituents is 1. The van der Waals surface area contributed by atoms with Gasteiger partial charge in [-0.25, -0.2) is 0 Å². The molecule has 0 spiro atoms. The highest BCUT2D eigenvalue weighted by molar-refractivity contribution is 14.1. The number of carbonyl (C=O) groups excluding carboxylic acids is 3. The predicted octanol–water partition coefficient (Wildman–Crippen LogP) is 0.569. The van der Waals surface area contributed by atoms with Crippen LogP contribution in [0.4, 0.5) is 0 Å². The molecule has 0 radical (unpaired) electrons. The van der Waals surface area contributed by atoms with Crippen molar-refractivity contribution < 1.29 is 34.8 Å². The van der Waals surface area contributed by atoms with E-state index in [0.29, 0.717) is 12.0 Å². The van der Waals surface area contributed by atoms with Crippen molar-refractivity contribution in [2.45, 2.75) is 24.5 Å². The maximum Gasteiger partial charge on any atom is 0.255 e. The monoisotopic (exact) mass is 540 g/mol. The second-order valence-corrected chi connectivity index (χ2v) is 9.54. The van der Waals surface area contributed by atoms with Crippen molar-refractivity contribution in [2.75, 3.05) is 14.1 Å². The first kappa shape index (κ1) is 21.8. The van der Waals surface area contributed by atoms with Crippen LogP contribution in [0.15, 0.2) is 29.0 Å². The number of nitrogens with two attached hydrogens (primary N) is 1. The van der Waals surface area contributed by atoms with Gasteiger partial charge in [0.2, 0.25) is 5.78 Å². The van der Waals surface area contributed by atoms with Crippen LogP contribution in [0.1, 0.15) is 17.5 Å². The smallest absolute Gasteiger partial charge is 0.255 e. The summed E-state index contributed by atoms with van der Waals surface area (Å²) in [4.78, 5) is 39.9. The first-order valence-electron chi connectivity index (χ1n) is 9.58. The molecule has 3 aliphatic carbocycles. The Hall–Kier alpha value is -2.44. The fourth-order valence-electron chi connectivity index (χ4n) is 5.21. The molecule has 1 saturated carbocycles. The Balaban J connectivity index is 1.99. The zero-order chi connectivity index (χ0) is 23.0. The molecule has 0 heterocycles. The van der Waals surface area contributed by atoms with Gasteiger partial charge < -0.3 is 26.2 Å². The summed E-state index contributed by atoms with van der Waals surface area (Å²) in [5, 5.41) is 43.4. The number of halogens is 1. The number of phenols is 1. The van der Waals surface area contributed by atoms with Gasteiger partial charge in [0.1, 0.15) is 22.8 Å². The van der Waals surface area contributed by atoms with E-state index in [-0.39, 0.29) is 23.3 Å². The number of Topliss-reactive ketones (excluding diaryl/α,β-unsaturated/α-hetero) is 2. The molecule has 1 amide bonds. The summed E-state index contributed by atoms with van der Waals surface area (Å²) in [5.41, 5.74) is 2.46. The van der Waals surface area contributed by atoms with Crippen molar-refractivity contribution >= 4 is 45.8 Å². The maximum atomic E-state index is 13.6. The number of aromatic hydroxyl groups is 1. The number of fused-ring (bicyclic) bond motifs is 3. The van der Waals surface area contributed by atoms with Crippen molar-refractivity contribution in [3.05, 3.63) is 43.7 Å². The molecule has 10 heteroatoms. The van der Waals surface area contributed by atoms with Crippen LogP contribution in [0.2, 0.25) is 0 Å². The average Bonchev–Trinajstić information content (AvgIpc) is 2.67. The van der Waals surface area contributed by atoms with E-state index in [1.807, 2.05) is 0 Å². The highest BCUT2D eigenvalue weighted by Gasteiger charge is 2.64. The number of aliphatic hydroxyl groups excluding tert-OH is 2. The first-order valence-corrected chi connectivity index (χ1v) is 10.7. The second kappa shape index (κ2) is 7.04. The van der Waals surface area contributed by atoms with Gasteiger partial charge in [0, 0.05) is 15.1 Å². The van der Waals surface area contributed by atoms with Gasteiger partial charge in [0.25, 0.3) is 5.91 Å². The van der Waals surface area contributed by atoms with E-state index < -0.39 is 58.0 Å². The van der Waals surface area contributed by atoms with Crippen LogP contribution < -0.4 is 5.73 Å². The molecule has 1 aromatic carbocycles. The van der Waals surface area contributed by atoms with Gasteiger partial charge >= 0.3 is 0 Å². The third kappa shape index (κ3) is 2.77.